The molecule has 0 bridgehead atoms. The molecule has 0 aliphatic rings. The van der Waals surface area contributed by atoms with E-state index in [1.54, 1.807) is 0 Å². The lowest BCUT2D eigenvalue weighted by Crippen LogP contribution is -2.26. The summed E-state index contributed by atoms with van der Waals surface area (Å²) in [4.78, 5) is 6.59. The third-order valence-corrected chi connectivity index (χ3v) is 3.06. The molecule has 0 amide bonds. The molecular formula is C6H4ClF3N2O2S. The largest absolute Gasteiger partial charge is 0.412 e. The van der Waals surface area contributed by atoms with Gasteiger partial charge >= 0.3 is 6.18 Å². The minimum atomic E-state index is -5.01. The number of halogens is 4. The predicted octanol–water partition coefficient (Wildman–Crippen LogP) is 1.65. The molecule has 1 unspecified atom stereocenters. The summed E-state index contributed by atoms with van der Waals surface area (Å²) in [6.45, 7) is 0. The first kappa shape index (κ1) is 12.2. The quantitative estimate of drug-likeness (QED) is 0.759. The van der Waals surface area contributed by atoms with Gasteiger partial charge in [-0.1, -0.05) is 0 Å². The number of hydrogen-bond acceptors (Lipinski definition) is 4. The van der Waals surface area contributed by atoms with Gasteiger partial charge in [-0.2, -0.15) is 13.2 Å². The standard InChI is InChI=1S/C6H4ClF3N2O2S/c7-15(13,14)5(6(8,9)10)4-1-2-11-3-12-4/h1-3,5H. The van der Waals surface area contributed by atoms with Crippen LogP contribution in [-0.4, -0.2) is 24.6 Å². The summed E-state index contributed by atoms with van der Waals surface area (Å²) in [5, 5.41) is -2.82. The van der Waals surface area contributed by atoms with Gasteiger partial charge < -0.3 is 0 Å². The fourth-order valence-corrected chi connectivity index (χ4v) is 2.25. The molecule has 0 radical (unpaired) electrons. The summed E-state index contributed by atoms with van der Waals surface area (Å²) in [5.41, 5.74) is -0.701. The predicted molar refractivity (Wildman–Crippen MR) is 45.6 cm³/mol. The molecule has 1 aromatic heterocycles. The van der Waals surface area contributed by atoms with Gasteiger partial charge in [-0.25, -0.2) is 18.4 Å². The number of alkyl halides is 3. The van der Waals surface area contributed by atoms with E-state index in [-0.39, 0.29) is 0 Å². The van der Waals surface area contributed by atoms with E-state index >= 15 is 0 Å². The smallest absolute Gasteiger partial charge is 0.245 e. The van der Waals surface area contributed by atoms with Crippen molar-refractivity contribution >= 4 is 19.7 Å². The SMILES string of the molecule is O=S(=O)(Cl)C(c1ccncn1)C(F)(F)F. The molecule has 0 saturated carbocycles. The van der Waals surface area contributed by atoms with Crippen molar-refractivity contribution in [3.63, 3.8) is 0 Å². The molecule has 1 atom stereocenters. The first-order chi connectivity index (χ1) is 6.73. The summed E-state index contributed by atoms with van der Waals surface area (Å²) in [5.74, 6) is 0. The molecule has 1 rings (SSSR count). The van der Waals surface area contributed by atoms with Crippen molar-refractivity contribution < 1.29 is 21.6 Å². The van der Waals surface area contributed by atoms with Crippen LogP contribution in [0, 0.1) is 0 Å². The van der Waals surface area contributed by atoms with Crippen LogP contribution in [0.15, 0.2) is 18.6 Å². The van der Waals surface area contributed by atoms with Crippen LogP contribution in [0.1, 0.15) is 10.9 Å². The lowest BCUT2D eigenvalue weighted by atomic mass is 10.3. The Morgan fingerprint density at radius 2 is 2.00 bits per heavy atom. The number of nitrogens with zero attached hydrogens (tertiary/aromatic N) is 2. The van der Waals surface area contributed by atoms with Gasteiger partial charge in [0.2, 0.25) is 14.3 Å². The summed E-state index contributed by atoms with van der Waals surface area (Å²) in [7, 11) is -0.109. The Morgan fingerprint density at radius 3 is 2.33 bits per heavy atom. The van der Waals surface area contributed by atoms with Gasteiger partial charge in [-0.05, 0) is 6.07 Å². The molecule has 0 aliphatic heterocycles. The molecule has 0 fully saturated rings. The van der Waals surface area contributed by atoms with Crippen LogP contribution in [0.2, 0.25) is 0 Å². The first-order valence-electron chi connectivity index (χ1n) is 3.49. The Bertz CT molecular complexity index is 433. The topological polar surface area (TPSA) is 59.9 Å². The molecule has 1 heterocycles. The van der Waals surface area contributed by atoms with Crippen LogP contribution in [0.4, 0.5) is 13.2 Å². The maximum absolute atomic E-state index is 12.4. The third-order valence-electron chi connectivity index (χ3n) is 1.45. The summed E-state index contributed by atoms with van der Waals surface area (Å²) in [6, 6.07) is 0.845. The third kappa shape index (κ3) is 3.03. The molecule has 9 heteroatoms. The first-order valence-corrected chi connectivity index (χ1v) is 5.86. The van der Waals surface area contributed by atoms with Gasteiger partial charge in [-0.15, -0.1) is 0 Å². The van der Waals surface area contributed by atoms with Crippen molar-refractivity contribution in [2.75, 3.05) is 0 Å². The van der Waals surface area contributed by atoms with Gasteiger partial charge in [0.05, 0.1) is 5.69 Å². The molecule has 0 N–H and O–H groups in total. The molecule has 0 spiro atoms. The highest BCUT2D eigenvalue weighted by Gasteiger charge is 2.50. The second kappa shape index (κ2) is 3.93. The van der Waals surface area contributed by atoms with E-state index in [4.69, 9.17) is 10.7 Å². The van der Waals surface area contributed by atoms with Crippen LogP contribution in [0.3, 0.4) is 0 Å². The lowest BCUT2D eigenvalue weighted by molar-refractivity contribution is -0.131. The zero-order chi connectivity index (χ0) is 11.7. The highest BCUT2D eigenvalue weighted by molar-refractivity contribution is 8.14. The Labute approximate surface area is 87.5 Å². The summed E-state index contributed by atoms with van der Waals surface area (Å²) < 4.78 is 58.7. The van der Waals surface area contributed by atoms with Gasteiger partial charge in [-0.3, -0.25) is 0 Å². The summed E-state index contributed by atoms with van der Waals surface area (Å²) >= 11 is 0. The number of hydrogen-bond donors (Lipinski definition) is 0. The lowest BCUT2D eigenvalue weighted by Gasteiger charge is -2.15. The Hall–Kier alpha value is -0.890. The van der Waals surface area contributed by atoms with Crippen LogP contribution in [0.25, 0.3) is 0 Å². The van der Waals surface area contributed by atoms with Crippen LogP contribution >= 0.6 is 10.7 Å². The minimum absolute atomic E-state index is 0.701. The van der Waals surface area contributed by atoms with E-state index in [1.807, 2.05) is 0 Å². The second-order valence-electron chi connectivity index (χ2n) is 2.53. The Balaban J connectivity index is 3.27. The normalized spacial score (nSPS) is 14.9. The highest BCUT2D eigenvalue weighted by atomic mass is 35.7. The molecule has 15 heavy (non-hydrogen) atoms. The monoisotopic (exact) mass is 260 g/mol. The fourth-order valence-electron chi connectivity index (χ4n) is 0.928. The number of aromatic nitrogens is 2. The van der Waals surface area contributed by atoms with Crippen molar-refractivity contribution in [1.29, 1.82) is 0 Å². The van der Waals surface area contributed by atoms with Crippen LogP contribution in [-0.2, 0) is 9.05 Å². The molecule has 0 aliphatic carbocycles. The van der Waals surface area contributed by atoms with Crippen LogP contribution < -0.4 is 0 Å². The van der Waals surface area contributed by atoms with Gasteiger partial charge in [0.25, 0.3) is 0 Å². The molecule has 84 valence electrons. The van der Waals surface area contributed by atoms with Gasteiger partial charge in [0.1, 0.15) is 6.33 Å². The van der Waals surface area contributed by atoms with E-state index < -0.39 is 26.2 Å². The zero-order valence-electron chi connectivity index (χ0n) is 6.94. The van der Waals surface area contributed by atoms with Crippen molar-refractivity contribution in [3.05, 3.63) is 24.3 Å². The number of rotatable bonds is 2. The maximum Gasteiger partial charge on any atom is 0.412 e. The Morgan fingerprint density at radius 1 is 1.40 bits per heavy atom. The molecule has 0 aromatic carbocycles. The van der Waals surface area contributed by atoms with E-state index in [2.05, 4.69) is 9.97 Å². The molecule has 1 aromatic rings. The maximum atomic E-state index is 12.4. The van der Waals surface area contributed by atoms with Crippen molar-refractivity contribution in [3.8, 4) is 0 Å². The average molecular weight is 261 g/mol. The van der Waals surface area contributed by atoms with E-state index in [1.165, 1.54) is 0 Å². The van der Waals surface area contributed by atoms with Gasteiger partial charge in [0, 0.05) is 16.9 Å². The van der Waals surface area contributed by atoms with Crippen molar-refractivity contribution in [2.24, 2.45) is 0 Å². The van der Waals surface area contributed by atoms with E-state index in [9.17, 15) is 21.6 Å². The highest BCUT2D eigenvalue weighted by Crippen LogP contribution is 2.39. The molecule has 0 saturated heterocycles. The molecule has 4 nitrogen and oxygen atoms in total. The van der Waals surface area contributed by atoms with E-state index in [0.29, 0.717) is 0 Å². The van der Waals surface area contributed by atoms with E-state index in [0.717, 1.165) is 18.6 Å². The fraction of sp³-hybridized carbons (Fsp3) is 0.333. The zero-order valence-corrected chi connectivity index (χ0v) is 8.51. The van der Waals surface area contributed by atoms with Crippen LogP contribution in [0.5, 0.6) is 0 Å². The summed E-state index contributed by atoms with van der Waals surface area (Å²) in [6.07, 6.45) is -3.19. The van der Waals surface area contributed by atoms with Gasteiger partial charge in [0.15, 0.2) is 0 Å². The van der Waals surface area contributed by atoms with Crippen molar-refractivity contribution in [1.82, 2.24) is 9.97 Å². The average Bonchev–Trinajstić information content (AvgIpc) is 2.00. The second-order valence-corrected chi connectivity index (χ2v) is 5.24. The molecular weight excluding hydrogens is 257 g/mol. The Kier molecular flexibility index (Phi) is 3.19. The van der Waals surface area contributed by atoms with Crippen molar-refractivity contribution in [2.45, 2.75) is 11.4 Å². The minimum Gasteiger partial charge on any atom is -0.245 e.